The lowest BCUT2D eigenvalue weighted by Gasteiger charge is -2.25. The predicted octanol–water partition coefficient (Wildman–Crippen LogP) is 1.38. The number of aromatic nitrogens is 1. The van der Waals surface area contributed by atoms with Crippen LogP contribution in [-0.4, -0.2) is 41.6 Å². The third kappa shape index (κ3) is 4.22. The summed E-state index contributed by atoms with van der Waals surface area (Å²) in [7, 11) is 0. The first-order chi connectivity index (χ1) is 9.49. The largest absolute Gasteiger partial charge is 0.481 e. The first-order valence-corrected chi connectivity index (χ1v) is 6.71. The van der Waals surface area contributed by atoms with Gasteiger partial charge in [0.15, 0.2) is 0 Å². The Morgan fingerprint density at radius 2 is 2.15 bits per heavy atom. The van der Waals surface area contributed by atoms with Gasteiger partial charge in [-0.2, -0.15) is 0 Å². The first-order valence-electron chi connectivity index (χ1n) is 6.71. The molecule has 1 rings (SSSR count). The third-order valence-electron chi connectivity index (χ3n) is 2.98. The lowest BCUT2D eigenvalue weighted by atomic mass is 10.1. The Hall–Kier alpha value is -2.11. The van der Waals surface area contributed by atoms with Gasteiger partial charge in [0, 0.05) is 31.5 Å². The number of aliphatic carboxylic acids is 1. The van der Waals surface area contributed by atoms with E-state index in [1.54, 1.807) is 25.3 Å². The molecule has 0 saturated heterocycles. The number of rotatable bonds is 7. The molecule has 0 aliphatic rings. The van der Waals surface area contributed by atoms with Crippen molar-refractivity contribution in [2.75, 3.05) is 24.5 Å². The molecular formula is C14H21N3O3. The summed E-state index contributed by atoms with van der Waals surface area (Å²) in [6.45, 7) is 7.05. The molecule has 1 aromatic heterocycles. The molecule has 6 heteroatoms. The van der Waals surface area contributed by atoms with Crippen molar-refractivity contribution in [3.05, 3.63) is 24.0 Å². The van der Waals surface area contributed by atoms with E-state index in [1.807, 2.05) is 18.7 Å². The number of carbonyl (C=O) groups is 2. The van der Waals surface area contributed by atoms with Crippen molar-refractivity contribution in [1.29, 1.82) is 0 Å². The number of carboxylic acid groups (broad SMARTS) is 1. The Morgan fingerprint density at radius 1 is 1.45 bits per heavy atom. The van der Waals surface area contributed by atoms with Gasteiger partial charge in [-0.1, -0.05) is 6.92 Å². The minimum Gasteiger partial charge on any atom is -0.481 e. The molecule has 0 spiro atoms. The van der Waals surface area contributed by atoms with Crippen LogP contribution in [0.3, 0.4) is 0 Å². The van der Waals surface area contributed by atoms with Crippen LogP contribution in [0.4, 0.5) is 5.69 Å². The fraction of sp³-hybridized carbons (Fsp3) is 0.500. The molecule has 0 fully saturated rings. The normalized spacial score (nSPS) is 11.8. The maximum absolute atomic E-state index is 11.8. The van der Waals surface area contributed by atoms with Gasteiger partial charge in [0.2, 0.25) is 0 Å². The minimum atomic E-state index is -0.832. The van der Waals surface area contributed by atoms with Crippen LogP contribution >= 0.6 is 0 Å². The summed E-state index contributed by atoms with van der Waals surface area (Å²) < 4.78 is 0. The van der Waals surface area contributed by atoms with Crippen LogP contribution in [-0.2, 0) is 4.79 Å². The van der Waals surface area contributed by atoms with Crippen molar-refractivity contribution in [3.8, 4) is 0 Å². The van der Waals surface area contributed by atoms with Crippen molar-refractivity contribution >= 4 is 17.6 Å². The van der Waals surface area contributed by atoms with Crippen molar-refractivity contribution in [3.63, 3.8) is 0 Å². The van der Waals surface area contributed by atoms with Crippen LogP contribution in [0.5, 0.6) is 0 Å². The highest BCUT2D eigenvalue weighted by Gasteiger charge is 2.16. The Labute approximate surface area is 118 Å². The lowest BCUT2D eigenvalue weighted by Crippen LogP contribution is -2.32. The van der Waals surface area contributed by atoms with Gasteiger partial charge in [-0.25, -0.2) is 0 Å². The van der Waals surface area contributed by atoms with Gasteiger partial charge in [-0.3, -0.25) is 14.6 Å². The lowest BCUT2D eigenvalue weighted by molar-refractivity contribution is -0.140. The van der Waals surface area contributed by atoms with Gasteiger partial charge in [0.1, 0.15) is 5.69 Å². The fourth-order valence-electron chi connectivity index (χ4n) is 1.82. The van der Waals surface area contributed by atoms with Crippen molar-refractivity contribution in [2.24, 2.45) is 5.92 Å². The Kier molecular flexibility index (Phi) is 5.96. The van der Waals surface area contributed by atoms with Gasteiger partial charge in [-0.05, 0) is 26.0 Å². The van der Waals surface area contributed by atoms with Crippen molar-refractivity contribution in [1.82, 2.24) is 10.3 Å². The van der Waals surface area contributed by atoms with E-state index in [1.165, 1.54) is 0 Å². The van der Waals surface area contributed by atoms with E-state index in [4.69, 9.17) is 5.11 Å². The number of carboxylic acids is 1. The van der Waals surface area contributed by atoms with Crippen LogP contribution in [0, 0.1) is 5.92 Å². The van der Waals surface area contributed by atoms with Gasteiger partial charge in [-0.15, -0.1) is 0 Å². The zero-order valence-electron chi connectivity index (χ0n) is 12.1. The second kappa shape index (κ2) is 7.47. The average molecular weight is 279 g/mol. The van der Waals surface area contributed by atoms with Gasteiger partial charge >= 0.3 is 5.97 Å². The first kappa shape index (κ1) is 15.9. The Balaban J connectivity index is 2.90. The van der Waals surface area contributed by atoms with E-state index < -0.39 is 11.9 Å². The van der Waals surface area contributed by atoms with Crippen LogP contribution in [0.15, 0.2) is 18.3 Å². The van der Waals surface area contributed by atoms with Crippen LogP contribution in [0.25, 0.3) is 0 Å². The summed E-state index contributed by atoms with van der Waals surface area (Å²) >= 11 is 0. The summed E-state index contributed by atoms with van der Waals surface area (Å²) in [5.74, 6) is -1.53. The van der Waals surface area contributed by atoms with Gasteiger partial charge < -0.3 is 15.3 Å². The van der Waals surface area contributed by atoms with E-state index in [2.05, 4.69) is 10.3 Å². The molecule has 0 aliphatic carbocycles. The zero-order chi connectivity index (χ0) is 15.1. The highest BCUT2D eigenvalue weighted by molar-refractivity contribution is 5.93. The number of amides is 1. The summed E-state index contributed by atoms with van der Waals surface area (Å²) in [5.41, 5.74) is 1.14. The van der Waals surface area contributed by atoms with Gasteiger partial charge in [0.05, 0.1) is 5.92 Å². The highest BCUT2D eigenvalue weighted by atomic mass is 16.4. The molecule has 0 saturated carbocycles. The van der Waals surface area contributed by atoms with E-state index in [0.29, 0.717) is 25.3 Å². The summed E-state index contributed by atoms with van der Waals surface area (Å²) in [6.07, 6.45) is 1.56. The van der Waals surface area contributed by atoms with Crippen LogP contribution in [0.1, 0.15) is 31.3 Å². The number of nitrogens with zero attached hydrogens (tertiary/aromatic N) is 2. The third-order valence-corrected chi connectivity index (χ3v) is 2.98. The summed E-state index contributed by atoms with van der Waals surface area (Å²) in [5, 5.41) is 11.7. The molecule has 1 amide bonds. The standard InChI is InChI=1S/C14H21N3O3/c1-4-15-13(18)12-8-11(6-7-16-12)17(5-2)9-10(3)14(19)20/h6-8,10H,4-5,9H2,1-3H3,(H,15,18)(H,19,20). The molecule has 0 radical (unpaired) electrons. The highest BCUT2D eigenvalue weighted by Crippen LogP contribution is 2.16. The number of hydrogen-bond donors (Lipinski definition) is 2. The number of hydrogen-bond acceptors (Lipinski definition) is 4. The zero-order valence-corrected chi connectivity index (χ0v) is 12.1. The maximum atomic E-state index is 11.8. The van der Waals surface area contributed by atoms with Crippen molar-refractivity contribution in [2.45, 2.75) is 20.8 Å². The summed E-state index contributed by atoms with van der Waals surface area (Å²) in [4.78, 5) is 28.6. The summed E-state index contributed by atoms with van der Waals surface area (Å²) in [6, 6.07) is 3.46. The molecule has 0 bridgehead atoms. The SMILES string of the molecule is CCNC(=O)c1cc(N(CC)CC(C)C(=O)O)ccn1. The molecule has 6 nitrogen and oxygen atoms in total. The number of anilines is 1. The maximum Gasteiger partial charge on any atom is 0.308 e. The second-order valence-electron chi connectivity index (χ2n) is 4.54. The topological polar surface area (TPSA) is 82.5 Å². The van der Waals surface area contributed by atoms with Crippen molar-refractivity contribution < 1.29 is 14.7 Å². The second-order valence-corrected chi connectivity index (χ2v) is 4.54. The number of pyridine rings is 1. The smallest absolute Gasteiger partial charge is 0.308 e. The Bertz CT molecular complexity index is 476. The van der Waals surface area contributed by atoms with E-state index in [-0.39, 0.29) is 5.91 Å². The molecule has 1 unspecified atom stereocenters. The van der Waals surface area contributed by atoms with Crippen LogP contribution < -0.4 is 10.2 Å². The molecule has 2 N–H and O–H groups in total. The molecule has 0 aliphatic heterocycles. The predicted molar refractivity (Wildman–Crippen MR) is 76.9 cm³/mol. The number of carbonyl (C=O) groups excluding carboxylic acids is 1. The molecule has 20 heavy (non-hydrogen) atoms. The molecule has 1 atom stereocenters. The average Bonchev–Trinajstić information content (AvgIpc) is 2.44. The minimum absolute atomic E-state index is 0.225. The molecule has 1 aromatic rings. The Morgan fingerprint density at radius 3 is 2.70 bits per heavy atom. The van der Waals surface area contributed by atoms with Gasteiger partial charge in [0.25, 0.3) is 5.91 Å². The molecule has 0 aromatic carbocycles. The fourth-order valence-corrected chi connectivity index (χ4v) is 1.82. The monoisotopic (exact) mass is 279 g/mol. The van der Waals surface area contributed by atoms with E-state index in [9.17, 15) is 9.59 Å². The molecule has 110 valence electrons. The van der Waals surface area contributed by atoms with E-state index in [0.717, 1.165) is 5.69 Å². The molecular weight excluding hydrogens is 258 g/mol. The van der Waals surface area contributed by atoms with Crippen LogP contribution in [0.2, 0.25) is 0 Å². The number of nitrogens with one attached hydrogen (secondary N) is 1. The quantitative estimate of drug-likeness (QED) is 0.788. The molecule has 1 heterocycles. The van der Waals surface area contributed by atoms with E-state index >= 15 is 0 Å².